The van der Waals surface area contributed by atoms with Gasteiger partial charge in [-0.25, -0.2) is 0 Å². The molecule has 3 N–H and O–H groups in total. The third-order valence-electron chi connectivity index (χ3n) is 5.64. The number of fused-ring (bicyclic) bond motifs is 1. The van der Waals surface area contributed by atoms with Gasteiger partial charge in [-0.1, -0.05) is 24.3 Å². The zero-order valence-corrected chi connectivity index (χ0v) is 16.9. The number of nitrogens with zero attached hydrogens (tertiary/aromatic N) is 3. The van der Waals surface area contributed by atoms with Gasteiger partial charge in [0.2, 0.25) is 0 Å². The number of carbonyl (C=O) groups is 1. The number of aromatic amines is 1. The van der Waals surface area contributed by atoms with Crippen LogP contribution in [-0.4, -0.2) is 56.1 Å². The second-order valence-electron chi connectivity index (χ2n) is 7.72. The Morgan fingerprint density at radius 2 is 2.10 bits per heavy atom. The van der Waals surface area contributed by atoms with Gasteiger partial charge in [-0.2, -0.15) is 5.10 Å². The molecule has 31 heavy (non-hydrogen) atoms. The van der Waals surface area contributed by atoms with E-state index in [1.165, 1.54) is 0 Å². The molecule has 0 saturated carbocycles. The van der Waals surface area contributed by atoms with E-state index in [1.807, 2.05) is 41.1 Å². The summed E-state index contributed by atoms with van der Waals surface area (Å²) in [6, 6.07) is 13.7. The number of hydrogen-bond donors (Lipinski definition) is 3. The molecule has 4 heterocycles. The molecule has 1 aromatic carbocycles. The first-order valence-corrected chi connectivity index (χ1v) is 10.3. The van der Waals surface area contributed by atoms with E-state index in [2.05, 4.69) is 32.6 Å². The smallest absolute Gasteiger partial charge is 0.255 e. The van der Waals surface area contributed by atoms with Crippen molar-refractivity contribution in [2.75, 3.05) is 13.2 Å². The number of H-pyrrole nitrogens is 1. The van der Waals surface area contributed by atoms with E-state index < -0.39 is 6.10 Å². The molecule has 5 rings (SSSR count). The van der Waals surface area contributed by atoms with Crippen LogP contribution in [0.4, 0.5) is 0 Å². The van der Waals surface area contributed by atoms with Crippen LogP contribution in [0.2, 0.25) is 0 Å². The Morgan fingerprint density at radius 1 is 1.23 bits per heavy atom. The van der Waals surface area contributed by atoms with Crippen molar-refractivity contribution in [1.82, 2.24) is 25.1 Å². The predicted octanol–water partition coefficient (Wildman–Crippen LogP) is 2.35. The molecule has 0 radical (unpaired) electrons. The summed E-state index contributed by atoms with van der Waals surface area (Å²) in [4.78, 5) is 17.4. The average molecular weight is 417 g/mol. The fourth-order valence-electron chi connectivity index (χ4n) is 3.96. The number of carbonyl (C=O) groups excluding carboxylic acids is 1. The highest BCUT2D eigenvalue weighted by atomic mass is 16.5. The van der Waals surface area contributed by atoms with E-state index in [-0.39, 0.29) is 18.6 Å². The summed E-state index contributed by atoms with van der Waals surface area (Å²) < 4.78 is 7.28. The first kappa shape index (κ1) is 19.5. The van der Waals surface area contributed by atoms with Gasteiger partial charge in [0.05, 0.1) is 35.5 Å². The van der Waals surface area contributed by atoms with Crippen molar-refractivity contribution in [3.8, 4) is 11.3 Å². The highest BCUT2D eigenvalue weighted by Gasteiger charge is 2.27. The Morgan fingerprint density at radius 3 is 2.87 bits per heavy atom. The monoisotopic (exact) mass is 417 g/mol. The summed E-state index contributed by atoms with van der Waals surface area (Å²) in [5, 5.41) is 20.0. The molecule has 1 aliphatic heterocycles. The zero-order valence-electron chi connectivity index (χ0n) is 16.9. The van der Waals surface area contributed by atoms with Gasteiger partial charge < -0.3 is 19.7 Å². The molecule has 1 aliphatic rings. The summed E-state index contributed by atoms with van der Waals surface area (Å²) in [5.74, 6) is -0.233. The van der Waals surface area contributed by atoms with E-state index >= 15 is 0 Å². The molecule has 0 aliphatic carbocycles. The van der Waals surface area contributed by atoms with Gasteiger partial charge in [0.25, 0.3) is 5.91 Å². The van der Waals surface area contributed by atoms with E-state index in [0.29, 0.717) is 30.7 Å². The van der Waals surface area contributed by atoms with Crippen LogP contribution in [0.3, 0.4) is 0 Å². The summed E-state index contributed by atoms with van der Waals surface area (Å²) in [6.07, 6.45) is 5.14. The molecule has 158 valence electrons. The van der Waals surface area contributed by atoms with Gasteiger partial charge in [-0.3, -0.25) is 14.9 Å². The first-order valence-electron chi connectivity index (χ1n) is 10.3. The Labute approximate surface area is 178 Å². The highest BCUT2D eigenvalue weighted by Crippen LogP contribution is 2.22. The summed E-state index contributed by atoms with van der Waals surface area (Å²) in [7, 11) is 0. The molecule has 8 nitrogen and oxygen atoms in total. The van der Waals surface area contributed by atoms with Crippen LogP contribution in [0, 0.1) is 0 Å². The van der Waals surface area contributed by atoms with Crippen LogP contribution in [-0.2, 0) is 11.3 Å². The molecule has 4 aromatic rings. The van der Waals surface area contributed by atoms with E-state index in [1.54, 1.807) is 12.4 Å². The van der Waals surface area contributed by atoms with Crippen molar-refractivity contribution in [2.45, 2.75) is 25.1 Å². The lowest BCUT2D eigenvalue weighted by Gasteiger charge is -2.28. The minimum absolute atomic E-state index is 0.233. The predicted molar refractivity (Wildman–Crippen MR) is 116 cm³/mol. The number of aliphatic hydroxyl groups is 1. The molecular formula is C23H23N5O3. The zero-order chi connectivity index (χ0) is 21.2. The Balaban J connectivity index is 1.40. The third-order valence-corrected chi connectivity index (χ3v) is 5.64. The lowest BCUT2D eigenvalue weighted by Crippen LogP contribution is -2.48. The Bertz CT molecular complexity index is 1180. The van der Waals surface area contributed by atoms with Gasteiger partial charge in [0.15, 0.2) is 0 Å². The number of hydrogen-bond acceptors (Lipinski definition) is 5. The van der Waals surface area contributed by atoms with Gasteiger partial charge in [-0.05, 0) is 35.7 Å². The Kier molecular flexibility index (Phi) is 5.23. The molecule has 0 spiro atoms. The van der Waals surface area contributed by atoms with E-state index in [9.17, 15) is 9.90 Å². The van der Waals surface area contributed by atoms with Crippen LogP contribution >= 0.6 is 0 Å². The van der Waals surface area contributed by atoms with Crippen LogP contribution < -0.4 is 5.32 Å². The number of pyridine rings is 1. The largest absolute Gasteiger partial charge is 0.389 e. The van der Waals surface area contributed by atoms with Gasteiger partial charge >= 0.3 is 0 Å². The van der Waals surface area contributed by atoms with Gasteiger partial charge in [0, 0.05) is 31.7 Å². The van der Waals surface area contributed by atoms with E-state index in [4.69, 9.17) is 4.74 Å². The number of rotatable bonds is 5. The van der Waals surface area contributed by atoms with Crippen LogP contribution in [0.5, 0.6) is 0 Å². The molecule has 1 fully saturated rings. The normalized spacial score (nSPS) is 18.9. The summed E-state index contributed by atoms with van der Waals surface area (Å²) >= 11 is 0. The fourth-order valence-corrected chi connectivity index (χ4v) is 3.96. The van der Waals surface area contributed by atoms with E-state index in [0.717, 1.165) is 22.3 Å². The first-order chi connectivity index (χ1) is 15.2. The minimum atomic E-state index is -0.701. The second-order valence-corrected chi connectivity index (χ2v) is 7.72. The van der Waals surface area contributed by atoms with Gasteiger partial charge in [-0.15, -0.1) is 0 Å². The lowest BCUT2D eigenvalue weighted by molar-refractivity contribution is -0.0260. The number of benzene rings is 1. The van der Waals surface area contributed by atoms with Crippen LogP contribution in [0.15, 0.2) is 61.1 Å². The minimum Gasteiger partial charge on any atom is -0.389 e. The van der Waals surface area contributed by atoms with Crippen molar-refractivity contribution >= 4 is 16.9 Å². The van der Waals surface area contributed by atoms with Crippen molar-refractivity contribution in [1.29, 1.82) is 0 Å². The second kappa shape index (κ2) is 8.33. The Hall–Kier alpha value is -3.49. The molecular weight excluding hydrogens is 394 g/mol. The SMILES string of the molecule is O=C(N[C@H]1CCOC[C@@H]1O)c1cn(Cc2ccc(-c3ccn[nH]3)cc2)c2cccnc12. The standard InChI is InChI=1S/C23H23N5O3/c29-21-14-31-11-8-19(21)26-23(30)17-13-28(20-2-1-9-24-22(17)20)12-15-3-5-16(6-4-15)18-7-10-25-27-18/h1-7,9-10,13,19,21,29H,8,11-12,14H2,(H,25,27)(H,26,30)/t19-,21-/m0/s1. The maximum atomic E-state index is 13.0. The molecule has 1 amide bonds. The van der Waals surface area contributed by atoms with Crippen molar-refractivity contribution < 1.29 is 14.6 Å². The fraction of sp³-hybridized carbons (Fsp3) is 0.261. The van der Waals surface area contributed by atoms with Crippen molar-refractivity contribution in [3.63, 3.8) is 0 Å². The number of aliphatic hydroxyl groups excluding tert-OH is 1. The molecule has 2 atom stereocenters. The number of aromatic nitrogens is 4. The highest BCUT2D eigenvalue weighted by molar-refractivity contribution is 6.05. The maximum Gasteiger partial charge on any atom is 0.255 e. The number of ether oxygens (including phenoxy) is 1. The van der Waals surface area contributed by atoms with Crippen LogP contribution in [0.1, 0.15) is 22.3 Å². The summed E-state index contributed by atoms with van der Waals surface area (Å²) in [5.41, 5.74) is 5.18. The molecule has 8 heteroatoms. The topological polar surface area (TPSA) is 105 Å². The third kappa shape index (κ3) is 3.95. The quantitative estimate of drug-likeness (QED) is 0.462. The summed E-state index contributed by atoms with van der Waals surface area (Å²) in [6.45, 7) is 1.37. The molecule has 1 saturated heterocycles. The average Bonchev–Trinajstić information content (AvgIpc) is 3.45. The molecule has 3 aromatic heterocycles. The maximum absolute atomic E-state index is 13.0. The molecule has 0 unspecified atom stereocenters. The van der Waals surface area contributed by atoms with Crippen molar-refractivity contribution in [3.05, 3.63) is 72.2 Å². The molecule has 0 bridgehead atoms. The van der Waals surface area contributed by atoms with Gasteiger partial charge in [0.1, 0.15) is 5.52 Å². The van der Waals surface area contributed by atoms with Crippen LogP contribution in [0.25, 0.3) is 22.3 Å². The van der Waals surface area contributed by atoms with Crippen molar-refractivity contribution in [2.24, 2.45) is 0 Å². The number of nitrogens with one attached hydrogen (secondary N) is 2. The number of amides is 1. The lowest BCUT2D eigenvalue weighted by atomic mass is 10.1.